The van der Waals surface area contributed by atoms with Gasteiger partial charge in [0.1, 0.15) is 0 Å². The Hall–Kier alpha value is -2.43. The summed E-state index contributed by atoms with van der Waals surface area (Å²) in [5, 5.41) is 9.38. The number of hydrogen-bond donors (Lipinski definition) is 1. The summed E-state index contributed by atoms with van der Waals surface area (Å²) in [4.78, 5) is 14.4. The zero-order chi connectivity index (χ0) is 19.3. The minimum Gasteiger partial charge on any atom is -0.299 e. The van der Waals surface area contributed by atoms with E-state index in [4.69, 9.17) is 11.6 Å². The molecule has 0 fully saturated rings. The molecule has 28 heavy (non-hydrogen) atoms. The maximum Gasteiger partial charge on any atom is 0.272 e. The van der Waals surface area contributed by atoms with Crippen molar-refractivity contribution in [3.8, 4) is 0 Å². The molecule has 2 aromatic carbocycles. The molecule has 3 aromatic rings. The first-order valence-corrected chi connectivity index (χ1v) is 10.2. The van der Waals surface area contributed by atoms with Crippen molar-refractivity contribution in [3.63, 3.8) is 0 Å². The summed E-state index contributed by atoms with van der Waals surface area (Å²) < 4.78 is 0. The normalized spacial score (nSPS) is 15.0. The summed E-state index contributed by atoms with van der Waals surface area (Å²) in [6.45, 7) is 3.18. The highest BCUT2D eigenvalue weighted by atomic mass is 35.5. The zero-order valence-electron chi connectivity index (χ0n) is 15.8. The number of nitrogens with one attached hydrogen (secondary N) is 1. The average molecular weight is 394 g/mol. The van der Waals surface area contributed by atoms with Gasteiger partial charge in [-0.2, -0.15) is 5.10 Å². The second-order valence-corrected chi connectivity index (χ2v) is 7.73. The molecule has 0 saturated heterocycles. The van der Waals surface area contributed by atoms with E-state index in [9.17, 15) is 4.79 Å². The number of aryl methyl sites for hydroxylation is 1. The second-order valence-electron chi connectivity index (χ2n) is 7.29. The molecule has 0 aliphatic carbocycles. The van der Waals surface area contributed by atoms with Gasteiger partial charge in [0.15, 0.2) is 0 Å². The number of halogens is 1. The molecule has 5 heteroatoms. The first-order chi connectivity index (χ1) is 13.7. The van der Waals surface area contributed by atoms with Gasteiger partial charge in [-0.1, -0.05) is 48.0 Å². The van der Waals surface area contributed by atoms with Gasteiger partial charge in [0, 0.05) is 23.5 Å². The predicted molar refractivity (Wildman–Crippen MR) is 116 cm³/mol. The van der Waals surface area contributed by atoms with Crippen molar-refractivity contribution in [2.45, 2.75) is 25.7 Å². The summed E-state index contributed by atoms with van der Waals surface area (Å²) in [6, 6.07) is 15.8. The molecule has 0 unspecified atom stereocenters. The van der Waals surface area contributed by atoms with Crippen LogP contribution in [0.5, 0.6) is 0 Å². The van der Waals surface area contributed by atoms with Gasteiger partial charge in [-0.3, -0.25) is 9.69 Å². The average Bonchev–Trinajstić information content (AvgIpc) is 2.74. The first kappa shape index (κ1) is 18.9. The molecule has 0 atom stereocenters. The van der Waals surface area contributed by atoms with Gasteiger partial charge in [-0.15, -0.1) is 0 Å². The van der Waals surface area contributed by atoms with Crippen LogP contribution in [0.3, 0.4) is 0 Å². The molecule has 1 N–H and O–H groups in total. The molecule has 0 bridgehead atoms. The lowest BCUT2D eigenvalue weighted by Gasteiger charge is -2.26. The summed E-state index contributed by atoms with van der Waals surface area (Å²) in [7, 11) is 0. The molecule has 4 nitrogen and oxygen atoms in total. The number of H-pyrrole nitrogens is 1. The number of unbranched alkanes of at least 4 members (excludes halogenated alkanes) is 1. The fraction of sp³-hybridized carbons (Fsp3) is 0.304. The molecule has 4 rings (SSSR count). The lowest BCUT2D eigenvalue weighted by atomic mass is 9.99. The van der Waals surface area contributed by atoms with E-state index < -0.39 is 0 Å². The van der Waals surface area contributed by atoms with Gasteiger partial charge in [-0.05, 0) is 61.6 Å². The monoisotopic (exact) mass is 393 g/mol. The maximum absolute atomic E-state index is 11.9. The van der Waals surface area contributed by atoms with Crippen LogP contribution in [-0.4, -0.2) is 34.7 Å². The molecule has 0 radical (unpaired) electrons. The summed E-state index contributed by atoms with van der Waals surface area (Å²) in [5.74, 6) is 0. The van der Waals surface area contributed by atoms with Crippen molar-refractivity contribution in [3.05, 3.63) is 81.2 Å². The van der Waals surface area contributed by atoms with E-state index in [1.807, 2.05) is 36.4 Å². The summed E-state index contributed by atoms with van der Waals surface area (Å²) in [6.07, 6.45) is 6.49. The van der Waals surface area contributed by atoms with E-state index in [0.29, 0.717) is 0 Å². The van der Waals surface area contributed by atoms with Crippen LogP contribution in [0.15, 0.2) is 59.4 Å². The lowest BCUT2D eigenvalue weighted by molar-refractivity contribution is 0.295. The Morgan fingerprint density at radius 2 is 1.82 bits per heavy atom. The quantitative estimate of drug-likeness (QED) is 0.618. The van der Waals surface area contributed by atoms with Gasteiger partial charge < -0.3 is 0 Å². The Labute approximate surface area is 169 Å². The van der Waals surface area contributed by atoms with Gasteiger partial charge in [0.25, 0.3) is 5.56 Å². The Morgan fingerprint density at radius 3 is 2.57 bits per heavy atom. The van der Waals surface area contributed by atoms with Gasteiger partial charge in [-0.25, -0.2) is 5.10 Å². The number of fused-ring (bicyclic) bond motifs is 1. The largest absolute Gasteiger partial charge is 0.299 e. The van der Waals surface area contributed by atoms with E-state index in [1.165, 1.54) is 11.1 Å². The van der Waals surface area contributed by atoms with Gasteiger partial charge in [0.05, 0.1) is 11.1 Å². The van der Waals surface area contributed by atoms with Crippen molar-refractivity contribution in [1.82, 2.24) is 15.1 Å². The number of aromatic nitrogens is 2. The summed E-state index contributed by atoms with van der Waals surface area (Å²) in [5.41, 5.74) is 3.56. The molecule has 144 valence electrons. The van der Waals surface area contributed by atoms with E-state index >= 15 is 0 Å². The Bertz CT molecular complexity index is 1040. The number of rotatable bonds is 6. The Kier molecular flexibility index (Phi) is 5.89. The second kappa shape index (κ2) is 8.72. The topological polar surface area (TPSA) is 49.0 Å². The smallest absolute Gasteiger partial charge is 0.272 e. The minimum absolute atomic E-state index is 0.115. The van der Waals surface area contributed by atoms with Crippen molar-refractivity contribution in [1.29, 1.82) is 0 Å². The summed E-state index contributed by atoms with van der Waals surface area (Å²) >= 11 is 5.98. The molecule has 1 aromatic heterocycles. The highest BCUT2D eigenvalue weighted by molar-refractivity contribution is 6.30. The van der Waals surface area contributed by atoms with Gasteiger partial charge in [0.2, 0.25) is 0 Å². The van der Waals surface area contributed by atoms with Crippen molar-refractivity contribution < 1.29 is 0 Å². The van der Waals surface area contributed by atoms with E-state index in [0.717, 1.165) is 66.8 Å². The van der Waals surface area contributed by atoms with E-state index in [-0.39, 0.29) is 5.56 Å². The molecule has 1 aliphatic heterocycles. The molecule has 0 saturated carbocycles. The van der Waals surface area contributed by atoms with Crippen LogP contribution in [0.25, 0.3) is 16.3 Å². The molecular formula is C23H24ClN3O. The van der Waals surface area contributed by atoms with Gasteiger partial charge >= 0.3 is 0 Å². The third kappa shape index (κ3) is 4.34. The van der Waals surface area contributed by atoms with Crippen LogP contribution in [0.4, 0.5) is 0 Å². The highest BCUT2D eigenvalue weighted by Gasteiger charge is 2.13. The fourth-order valence-corrected chi connectivity index (χ4v) is 3.96. The number of benzene rings is 2. The van der Waals surface area contributed by atoms with Crippen LogP contribution < -0.4 is 5.56 Å². The van der Waals surface area contributed by atoms with Crippen molar-refractivity contribution in [2.24, 2.45) is 0 Å². The Morgan fingerprint density at radius 1 is 1.04 bits per heavy atom. The van der Waals surface area contributed by atoms with Crippen LogP contribution in [0.1, 0.15) is 30.5 Å². The van der Waals surface area contributed by atoms with Crippen LogP contribution >= 0.6 is 11.6 Å². The van der Waals surface area contributed by atoms with Crippen LogP contribution in [0.2, 0.25) is 5.02 Å². The van der Waals surface area contributed by atoms with E-state index in [1.54, 1.807) is 0 Å². The van der Waals surface area contributed by atoms with Crippen LogP contribution in [-0.2, 0) is 6.42 Å². The standard InChI is InChI=1S/C23H24ClN3O/c24-19-10-8-17(9-11-19)18-12-15-27(16-13-18)14-4-3-7-22-20-5-1-2-6-21(20)23(28)26-25-22/h1-2,5-6,8-12H,3-4,7,13-16H2,(H,26,28). The number of hydrogen-bond acceptors (Lipinski definition) is 3. The molecular weight excluding hydrogens is 370 g/mol. The molecule has 2 heterocycles. The third-order valence-corrected chi connectivity index (χ3v) is 5.67. The number of aromatic amines is 1. The van der Waals surface area contributed by atoms with Crippen molar-refractivity contribution in [2.75, 3.05) is 19.6 Å². The van der Waals surface area contributed by atoms with E-state index in [2.05, 4.69) is 33.3 Å². The first-order valence-electron chi connectivity index (χ1n) is 9.84. The minimum atomic E-state index is -0.115. The predicted octanol–water partition coefficient (Wildman–Crippen LogP) is 4.69. The SMILES string of the molecule is O=c1[nH]nc(CCCCN2CC=C(c3ccc(Cl)cc3)CC2)c2ccccc12. The van der Waals surface area contributed by atoms with Crippen LogP contribution in [0, 0.1) is 0 Å². The highest BCUT2D eigenvalue weighted by Crippen LogP contribution is 2.24. The van der Waals surface area contributed by atoms with Crippen molar-refractivity contribution >= 4 is 27.9 Å². The third-order valence-electron chi connectivity index (χ3n) is 5.42. The zero-order valence-corrected chi connectivity index (χ0v) is 16.6. The molecule has 0 amide bonds. The fourth-order valence-electron chi connectivity index (χ4n) is 3.83. The molecule has 0 spiro atoms. The maximum atomic E-state index is 11.9. The number of nitrogens with zero attached hydrogens (tertiary/aromatic N) is 2. The lowest BCUT2D eigenvalue weighted by Crippen LogP contribution is -2.29. The Balaban J connectivity index is 1.28. The molecule has 1 aliphatic rings.